The van der Waals surface area contributed by atoms with Gasteiger partial charge in [-0.1, -0.05) is 12.1 Å². The molecule has 0 unspecified atom stereocenters. The Kier molecular flexibility index (Phi) is 5.08. The van der Waals surface area contributed by atoms with Crippen molar-refractivity contribution in [3.05, 3.63) is 42.5 Å². The molecule has 90 valence electrons. The SMILES string of the molecule is CCn1c[n+](/N=C/c2ccccc2O)cn1.[I-]. The van der Waals surface area contributed by atoms with Crippen LogP contribution in [0.5, 0.6) is 5.75 Å². The van der Waals surface area contributed by atoms with Crippen LogP contribution in [0.2, 0.25) is 0 Å². The molecule has 0 bridgehead atoms. The molecule has 0 atom stereocenters. The number of hydrogen-bond acceptors (Lipinski definition) is 3. The minimum Gasteiger partial charge on any atom is -1.00 e. The lowest BCUT2D eigenvalue weighted by atomic mass is 10.2. The summed E-state index contributed by atoms with van der Waals surface area (Å²) in [4.78, 5) is 0. The summed E-state index contributed by atoms with van der Waals surface area (Å²) in [5.41, 5.74) is 0.680. The average molecular weight is 344 g/mol. The van der Waals surface area contributed by atoms with Gasteiger partial charge in [-0.25, -0.2) is 0 Å². The molecule has 1 N–H and O–H groups in total. The van der Waals surface area contributed by atoms with E-state index in [0.717, 1.165) is 6.54 Å². The molecule has 17 heavy (non-hydrogen) atoms. The summed E-state index contributed by atoms with van der Waals surface area (Å²) in [6, 6.07) is 7.04. The molecule has 6 heteroatoms. The van der Waals surface area contributed by atoms with Crippen molar-refractivity contribution >= 4 is 6.21 Å². The Morgan fingerprint density at radius 1 is 1.47 bits per heavy atom. The quantitative estimate of drug-likeness (QED) is 0.390. The van der Waals surface area contributed by atoms with Crippen LogP contribution in [-0.2, 0) is 6.54 Å². The number of aryl methyl sites for hydroxylation is 1. The number of para-hydroxylation sites is 1. The van der Waals surface area contributed by atoms with E-state index in [2.05, 4.69) is 10.2 Å². The van der Waals surface area contributed by atoms with Crippen molar-refractivity contribution in [2.45, 2.75) is 13.5 Å². The monoisotopic (exact) mass is 344 g/mol. The molecule has 1 heterocycles. The average Bonchev–Trinajstić information content (AvgIpc) is 2.76. The van der Waals surface area contributed by atoms with Crippen molar-refractivity contribution in [2.75, 3.05) is 0 Å². The van der Waals surface area contributed by atoms with Gasteiger partial charge in [-0.2, -0.15) is 0 Å². The topological polar surface area (TPSA) is 54.3 Å². The number of aromatic hydroxyl groups is 1. The third kappa shape index (κ3) is 3.52. The van der Waals surface area contributed by atoms with Crippen LogP contribution in [0.25, 0.3) is 0 Å². The van der Waals surface area contributed by atoms with Crippen LogP contribution in [-0.4, -0.2) is 21.1 Å². The molecule has 0 aliphatic carbocycles. The molecular weight excluding hydrogens is 331 g/mol. The van der Waals surface area contributed by atoms with E-state index in [1.807, 2.05) is 13.0 Å². The number of phenolic OH excluding ortho intramolecular Hbond substituents is 1. The number of hydrogen-bond donors (Lipinski definition) is 1. The van der Waals surface area contributed by atoms with Gasteiger partial charge in [0, 0.05) is 10.7 Å². The first-order valence-electron chi connectivity index (χ1n) is 5.05. The molecule has 0 radical (unpaired) electrons. The number of aromatic nitrogens is 3. The minimum atomic E-state index is 0. The zero-order valence-electron chi connectivity index (χ0n) is 9.36. The lowest BCUT2D eigenvalue weighted by Gasteiger charge is -1.94. The first-order chi connectivity index (χ1) is 7.79. The van der Waals surface area contributed by atoms with Gasteiger partial charge in [-0.05, 0) is 19.1 Å². The number of rotatable bonds is 3. The van der Waals surface area contributed by atoms with Crippen molar-refractivity contribution < 1.29 is 33.8 Å². The lowest BCUT2D eigenvalue weighted by molar-refractivity contribution is -0.679. The van der Waals surface area contributed by atoms with Gasteiger partial charge in [0.2, 0.25) is 6.33 Å². The van der Waals surface area contributed by atoms with E-state index >= 15 is 0 Å². The number of nitrogens with zero attached hydrogens (tertiary/aromatic N) is 4. The van der Waals surface area contributed by atoms with Crippen molar-refractivity contribution in [1.29, 1.82) is 0 Å². The second-order valence-electron chi connectivity index (χ2n) is 3.29. The van der Waals surface area contributed by atoms with E-state index in [9.17, 15) is 5.11 Å². The maximum atomic E-state index is 9.52. The predicted molar refractivity (Wildman–Crippen MR) is 59.2 cm³/mol. The number of phenols is 1. The van der Waals surface area contributed by atoms with Gasteiger partial charge < -0.3 is 29.1 Å². The summed E-state index contributed by atoms with van der Waals surface area (Å²) in [5, 5.41) is 17.7. The largest absolute Gasteiger partial charge is 1.00 e. The summed E-state index contributed by atoms with van der Waals surface area (Å²) in [6.45, 7) is 2.81. The number of halogens is 1. The molecule has 0 saturated heterocycles. The van der Waals surface area contributed by atoms with E-state index in [1.54, 1.807) is 46.4 Å². The molecule has 1 aromatic carbocycles. The Hall–Kier alpha value is -1.44. The number of benzene rings is 1. The van der Waals surface area contributed by atoms with Crippen molar-refractivity contribution in [3.8, 4) is 5.75 Å². The maximum Gasteiger partial charge on any atom is 0.288 e. The highest BCUT2D eigenvalue weighted by Gasteiger charge is 2.01. The van der Waals surface area contributed by atoms with E-state index < -0.39 is 0 Å². The Balaban J connectivity index is 0.00000144. The van der Waals surface area contributed by atoms with Gasteiger partial charge in [-0.15, -0.1) is 14.5 Å². The van der Waals surface area contributed by atoms with Crippen LogP contribution in [0.15, 0.2) is 42.0 Å². The van der Waals surface area contributed by atoms with E-state index in [1.165, 1.54) is 0 Å². The molecule has 0 fully saturated rings. The Morgan fingerprint density at radius 2 is 2.24 bits per heavy atom. The summed E-state index contributed by atoms with van der Waals surface area (Å²) in [6.07, 6.45) is 4.98. The van der Waals surface area contributed by atoms with E-state index in [-0.39, 0.29) is 29.7 Å². The lowest BCUT2D eigenvalue weighted by Crippen LogP contribution is -3.00. The van der Waals surface area contributed by atoms with Crippen LogP contribution >= 0.6 is 0 Å². The third-order valence-electron chi connectivity index (χ3n) is 2.16. The van der Waals surface area contributed by atoms with Crippen LogP contribution in [0.3, 0.4) is 0 Å². The summed E-state index contributed by atoms with van der Waals surface area (Å²) in [5.74, 6) is 0.217. The zero-order valence-corrected chi connectivity index (χ0v) is 11.5. The normalized spacial score (nSPS) is 10.4. The molecule has 0 aliphatic rings. The van der Waals surface area contributed by atoms with Gasteiger partial charge >= 0.3 is 0 Å². The van der Waals surface area contributed by atoms with Gasteiger partial charge in [0.15, 0.2) is 0 Å². The molecule has 0 amide bonds. The van der Waals surface area contributed by atoms with Crippen molar-refractivity contribution in [3.63, 3.8) is 0 Å². The molecule has 2 aromatic rings. The maximum absolute atomic E-state index is 9.52. The highest BCUT2D eigenvalue weighted by molar-refractivity contribution is 5.82. The minimum absolute atomic E-state index is 0. The predicted octanol–water partition coefficient (Wildman–Crippen LogP) is -2.22. The van der Waals surface area contributed by atoms with Crippen LogP contribution < -0.4 is 28.7 Å². The first kappa shape index (κ1) is 13.6. The van der Waals surface area contributed by atoms with E-state index in [0.29, 0.717) is 5.56 Å². The smallest absolute Gasteiger partial charge is 0.288 e. The van der Waals surface area contributed by atoms with Gasteiger partial charge in [-0.3, -0.25) is 0 Å². The molecule has 5 nitrogen and oxygen atoms in total. The zero-order chi connectivity index (χ0) is 11.4. The summed E-state index contributed by atoms with van der Waals surface area (Å²) >= 11 is 0. The second kappa shape index (κ2) is 6.33. The summed E-state index contributed by atoms with van der Waals surface area (Å²) < 4.78 is 3.36. The van der Waals surface area contributed by atoms with Crippen molar-refractivity contribution in [1.82, 2.24) is 9.78 Å². The molecule has 1 aromatic heterocycles. The van der Waals surface area contributed by atoms with E-state index in [4.69, 9.17) is 0 Å². The van der Waals surface area contributed by atoms with Gasteiger partial charge in [0.1, 0.15) is 12.3 Å². The Morgan fingerprint density at radius 3 is 2.88 bits per heavy atom. The van der Waals surface area contributed by atoms with Crippen molar-refractivity contribution in [2.24, 2.45) is 5.10 Å². The highest BCUT2D eigenvalue weighted by Crippen LogP contribution is 2.12. The van der Waals surface area contributed by atoms with Gasteiger partial charge in [0.05, 0.1) is 6.21 Å². The molecule has 0 spiro atoms. The molecule has 2 rings (SSSR count). The van der Waals surface area contributed by atoms with Crippen LogP contribution in [0.1, 0.15) is 12.5 Å². The fraction of sp³-hybridized carbons (Fsp3) is 0.182. The standard InChI is InChI=1S/C11H12N4O.HI/c1-2-14-9-15(8-13-14)12-7-10-5-3-4-6-11(10)16;/h3-9H,2H2,1H3;1H. The fourth-order valence-corrected chi connectivity index (χ4v) is 1.26. The molecular formula is C11H13IN4O. The molecule has 0 aliphatic heterocycles. The van der Waals surface area contributed by atoms with Gasteiger partial charge in [0.25, 0.3) is 6.33 Å². The molecule has 0 saturated carbocycles. The van der Waals surface area contributed by atoms with Crippen LogP contribution in [0.4, 0.5) is 0 Å². The third-order valence-corrected chi connectivity index (χ3v) is 2.16. The highest BCUT2D eigenvalue weighted by atomic mass is 127. The fourth-order valence-electron chi connectivity index (χ4n) is 1.26. The Bertz CT molecular complexity index is 510. The van der Waals surface area contributed by atoms with Crippen LogP contribution in [0, 0.1) is 0 Å². The summed E-state index contributed by atoms with van der Waals surface area (Å²) in [7, 11) is 0. The second-order valence-corrected chi connectivity index (χ2v) is 3.29. The Labute approximate surface area is 116 Å². The first-order valence-corrected chi connectivity index (χ1v) is 5.05.